The van der Waals surface area contributed by atoms with Crippen LogP contribution < -0.4 is 0 Å². The lowest BCUT2D eigenvalue weighted by Gasteiger charge is -2.24. The molecule has 1 fully saturated rings. The fraction of sp³-hybridized carbons (Fsp3) is 0.467. The molecule has 4 rings (SSSR count). The number of aryl methyl sites for hydroxylation is 2. The first-order valence-corrected chi connectivity index (χ1v) is 12.6. The SMILES string of the molecule is CCCCCCc1cc(Cc2cc(C)c(O)c(C3CCCCC3)c2)c2ccccc2c1O. The van der Waals surface area contributed by atoms with Gasteiger partial charge in [-0.1, -0.05) is 87.9 Å². The summed E-state index contributed by atoms with van der Waals surface area (Å²) in [5, 5.41) is 23.8. The zero-order valence-corrected chi connectivity index (χ0v) is 19.8. The van der Waals surface area contributed by atoms with Crippen molar-refractivity contribution in [3.05, 3.63) is 70.3 Å². The lowest BCUT2D eigenvalue weighted by molar-refractivity contribution is 0.412. The van der Waals surface area contributed by atoms with Crippen molar-refractivity contribution in [3.8, 4) is 11.5 Å². The minimum Gasteiger partial charge on any atom is -0.507 e. The van der Waals surface area contributed by atoms with E-state index < -0.39 is 0 Å². The Bertz CT molecular complexity index is 1060. The topological polar surface area (TPSA) is 40.5 Å². The predicted molar refractivity (Wildman–Crippen MR) is 135 cm³/mol. The highest BCUT2D eigenvalue weighted by Gasteiger charge is 2.21. The largest absolute Gasteiger partial charge is 0.507 e. The highest BCUT2D eigenvalue weighted by molar-refractivity contribution is 5.92. The second kappa shape index (κ2) is 10.4. The summed E-state index contributed by atoms with van der Waals surface area (Å²) in [5.41, 5.74) is 5.71. The number of rotatable bonds is 8. The Hall–Kier alpha value is -2.48. The maximum atomic E-state index is 11.0. The second-order valence-electron chi connectivity index (χ2n) is 9.76. The smallest absolute Gasteiger partial charge is 0.126 e. The minimum atomic E-state index is 0.450. The molecule has 1 saturated carbocycles. The maximum absolute atomic E-state index is 11.0. The third-order valence-electron chi connectivity index (χ3n) is 7.31. The molecule has 0 atom stereocenters. The summed E-state index contributed by atoms with van der Waals surface area (Å²) < 4.78 is 0. The van der Waals surface area contributed by atoms with Crippen LogP contribution >= 0.6 is 0 Å². The fourth-order valence-corrected chi connectivity index (χ4v) is 5.51. The normalized spacial score (nSPS) is 14.8. The van der Waals surface area contributed by atoms with Gasteiger partial charge in [0, 0.05) is 5.39 Å². The highest BCUT2D eigenvalue weighted by Crippen LogP contribution is 2.40. The molecule has 2 heteroatoms. The molecule has 0 radical (unpaired) electrons. The molecule has 0 saturated heterocycles. The van der Waals surface area contributed by atoms with E-state index in [4.69, 9.17) is 0 Å². The van der Waals surface area contributed by atoms with Crippen LogP contribution in [0.1, 0.15) is 98.4 Å². The first kappa shape index (κ1) is 22.7. The van der Waals surface area contributed by atoms with Crippen molar-refractivity contribution in [2.75, 3.05) is 0 Å². The number of aromatic hydroxyl groups is 2. The summed E-state index contributed by atoms with van der Waals surface area (Å²) in [4.78, 5) is 0. The van der Waals surface area contributed by atoms with Gasteiger partial charge in [0.1, 0.15) is 11.5 Å². The molecule has 1 aliphatic rings. The van der Waals surface area contributed by atoms with E-state index in [1.165, 1.54) is 62.5 Å². The van der Waals surface area contributed by atoms with E-state index in [9.17, 15) is 10.2 Å². The lowest BCUT2D eigenvalue weighted by atomic mass is 9.82. The van der Waals surface area contributed by atoms with Crippen LogP contribution in [0.5, 0.6) is 11.5 Å². The average molecular weight is 431 g/mol. The Kier molecular flexibility index (Phi) is 7.40. The van der Waals surface area contributed by atoms with Gasteiger partial charge >= 0.3 is 0 Å². The van der Waals surface area contributed by atoms with Crippen LogP contribution in [0.4, 0.5) is 0 Å². The Labute approximate surface area is 193 Å². The second-order valence-corrected chi connectivity index (χ2v) is 9.76. The average Bonchev–Trinajstić information content (AvgIpc) is 2.82. The molecule has 0 aliphatic heterocycles. The van der Waals surface area contributed by atoms with Gasteiger partial charge in [-0.3, -0.25) is 0 Å². The molecule has 1 aliphatic carbocycles. The number of phenolic OH excluding ortho intramolecular Hbond substituents is 2. The molecule has 32 heavy (non-hydrogen) atoms. The number of fused-ring (bicyclic) bond motifs is 1. The third-order valence-corrected chi connectivity index (χ3v) is 7.31. The summed E-state index contributed by atoms with van der Waals surface area (Å²) in [6.45, 7) is 4.26. The van der Waals surface area contributed by atoms with Gasteiger partial charge in [-0.2, -0.15) is 0 Å². The fourth-order valence-electron chi connectivity index (χ4n) is 5.51. The van der Waals surface area contributed by atoms with Crippen LogP contribution in [0.2, 0.25) is 0 Å². The van der Waals surface area contributed by atoms with Gasteiger partial charge < -0.3 is 10.2 Å². The molecular formula is C30H38O2. The summed E-state index contributed by atoms with van der Waals surface area (Å²) in [7, 11) is 0. The van der Waals surface area contributed by atoms with Gasteiger partial charge in [0.25, 0.3) is 0 Å². The van der Waals surface area contributed by atoms with Crippen LogP contribution in [0.15, 0.2) is 42.5 Å². The number of phenols is 2. The molecule has 170 valence electrons. The summed E-state index contributed by atoms with van der Waals surface area (Å²) >= 11 is 0. The van der Waals surface area contributed by atoms with Crippen molar-refractivity contribution in [2.24, 2.45) is 0 Å². The molecule has 0 aromatic heterocycles. The zero-order chi connectivity index (χ0) is 22.5. The number of hydrogen-bond donors (Lipinski definition) is 2. The summed E-state index contributed by atoms with van der Waals surface area (Å²) in [6.07, 6.45) is 12.7. The highest BCUT2D eigenvalue weighted by atomic mass is 16.3. The minimum absolute atomic E-state index is 0.450. The monoisotopic (exact) mass is 430 g/mol. The number of unbranched alkanes of at least 4 members (excludes halogenated alkanes) is 3. The molecular weight excluding hydrogens is 392 g/mol. The van der Waals surface area contributed by atoms with Crippen molar-refractivity contribution in [1.82, 2.24) is 0 Å². The Morgan fingerprint density at radius 3 is 2.31 bits per heavy atom. The van der Waals surface area contributed by atoms with E-state index >= 15 is 0 Å². The van der Waals surface area contributed by atoms with Gasteiger partial charge in [0.2, 0.25) is 0 Å². The summed E-state index contributed by atoms with van der Waals surface area (Å²) in [5.74, 6) is 1.42. The van der Waals surface area contributed by atoms with Crippen LogP contribution in [-0.2, 0) is 12.8 Å². The lowest BCUT2D eigenvalue weighted by Crippen LogP contribution is -2.06. The summed E-state index contributed by atoms with van der Waals surface area (Å²) in [6, 6.07) is 14.9. The first-order valence-electron chi connectivity index (χ1n) is 12.6. The van der Waals surface area contributed by atoms with Gasteiger partial charge in [0.15, 0.2) is 0 Å². The van der Waals surface area contributed by atoms with Gasteiger partial charge in [-0.15, -0.1) is 0 Å². The van der Waals surface area contributed by atoms with Gasteiger partial charge in [0.05, 0.1) is 0 Å². The molecule has 2 N–H and O–H groups in total. The number of hydrogen-bond acceptors (Lipinski definition) is 2. The van der Waals surface area contributed by atoms with Crippen LogP contribution in [0.25, 0.3) is 10.8 Å². The zero-order valence-electron chi connectivity index (χ0n) is 19.8. The van der Waals surface area contributed by atoms with E-state index in [0.29, 0.717) is 17.4 Å². The molecule has 0 amide bonds. The maximum Gasteiger partial charge on any atom is 0.126 e. The molecule has 3 aromatic carbocycles. The Morgan fingerprint density at radius 2 is 1.56 bits per heavy atom. The van der Waals surface area contributed by atoms with Crippen LogP contribution in [0.3, 0.4) is 0 Å². The van der Waals surface area contributed by atoms with Crippen molar-refractivity contribution in [2.45, 2.75) is 90.4 Å². The molecule has 0 spiro atoms. The van der Waals surface area contributed by atoms with E-state index in [1.54, 1.807) is 0 Å². The predicted octanol–water partition coefficient (Wildman–Crippen LogP) is 8.32. The van der Waals surface area contributed by atoms with E-state index in [0.717, 1.165) is 46.7 Å². The first-order chi connectivity index (χ1) is 15.6. The molecule has 2 nitrogen and oxygen atoms in total. The van der Waals surface area contributed by atoms with Gasteiger partial charge in [-0.05, 0) is 78.1 Å². The third kappa shape index (κ3) is 4.95. The standard InChI is InChI=1S/C30H38O2/c1-3-4-5-7-14-24-20-25(26-15-10-11-16-27(26)30(24)32)18-22-17-21(2)29(31)28(19-22)23-12-8-6-9-13-23/h10-11,15-17,19-20,23,31-32H,3-9,12-14,18H2,1-2H3. The Balaban J connectivity index is 1.69. The quantitative estimate of drug-likeness (QED) is 0.353. The number of benzene rings is 3. The van der Waals surface area contributed by atoms with Crippen LogP contribution in [-0.4, -0.2) is 10.2 Å². The Morgan fingerprint density at radius 1 is 0.812 bits per heavy atom. The van der Waals surface area contributed by atoms with E-state index in [2.05, 4.69) is 37.3 Å². The van der Waals surface area contributed by atoms with E-state index in [1.807, 2.05) is 19.1 Å². The van der Waals surface area contributed by atoms with Crippen molar-refractivity contribution in [1.29, 1.82) is 0 Å². The molecule has 3 aromatic rings. The van der Waals surface area contributed by atoms with Crippen molar-refractivity contribution < 1.29 is 10.2 Å². The molecule has 0 unspecified atom stereocenters. The van der Waals surface area contributed by atoms with Crippen molar-refractivity contribution in [3.63, 3.8) is 0 Å². The molecule has 0 heterocycles. The van der Waals surface area contributed by atoms with Crippen molar-refractivity contribution >= 4 is 10.8 Å². The van der Waals surface area contributed by atoms with Gasteiger partial charge in [-0.25, -0.2) is 0 Å². The van der Waals surface area contributed by atoms with E-state index in [-0.39, 0.29) is 0 Å². The molecule has 0 bridgehead atoms. The van der Waals surface area contributed by atoms with Crippen LogP contribution in [0, 0.1) is 6.92 Å².